The van der Waals surface area contributed by atoms with E-state index in [0.29, 0.717) is 10.6 Å². The van der Waals surface area contributed by atoms with E-state index in [-0.39, 0.29) is 12.5 Å². The number of rotatable bonds is 3. The molecule has 0 aliphatic heterocycles. The fourth-order valence-electron chi connectivity index (χ4n) is 2.50. The van der Waals surface area contributed by atoms with E-state index in [4.69, 9.17) is 11.6 Å². The number of nitrogens with one attached hydrogen (secondary N) is 1. The number of carbonyl (C=O) groups is 1. The summed E-state index contributed by atoms with van der Waals surface area (Å²) in [5, 5.41) is 13.2. The van der Waals surface area contributed by atoms with Crippen LogP contribution < -0.4 is 5.32 Å². The Bertz CT molecular complexity index is 473. The molecule has 0 heterocycles. The molecule has 0 atom stereocenters. The molecule has 1 amide bonds. The van der Waals surface area contributed by atoms with Crippen molar-refractivity contribution in [2.45, 2.75) is 37.6 Å². The Hall–Kier alpha value is -0.330. The highest BCUT2D eigenvalue weighted by molar-refractivity contribution is 14.1. The number of aliphatic hydroxyl groups is 1. The minimum Gasteiger partial charge on any atom is -0.394 e. The third-order valence-corrected chi connectivity index (χ3v) is 5.25. The van der Waals surface area contributed by atoms with Crippen LogP contribution in [0, 0.1) is 3.57 Å². The van der Waals surface area contributed by atoms with Crippen molar-refractivity contribution in [3.05, 3.63) is 32.4 Å². The number of hydrogen-bond donors (Lipinski definition) is 2. The predicted octanol–water partition coefficient (Wildman–Crippen LogP) is 3.37. The number of halogens is 2. The lowest BCUT2D eigenvalue weighted by atomic mass is 9.82. The zero-order valence-corrected chi connectivity index (χ0v) is 13.5. The van der Waals surface area contributed by atoms with Crippen LogP contribution in [0.1, 0.15) is 42.5 Å². The maximum absolute atomic E-state index is 12.3. The lowest BCUT2D eigenvalue weighted by Crippen LogP contribution is -2.52. The molecule has 0 saturated heterocycles. The largest absolute Gasteiger partial charge is 0.394 e. The first-order chi connectivity index (χ1) is 9.06. The smallest absolute Gasteiger partial charge is 0.251 e. The third-order valence-electron chi connectivity index (χ3n) is 3.67. The molecular formula is C14H17ClINO2. The van der Waals surface area contributed by atoms with Crippen LogP contribution in [0.15, 0.2) is 18.2 Å². The number of amides is 1. The first-order valence-corrected chi connectivity index (χ1v) is 7.90. The first kappa shape index (κ1) is 15.1. The summed E-state index contributed by atoms with van der Waals surface area (Å²) in [7, 11) is 0. The molecule has 0 spiro atoms. The summed E-state index contributed by atoms with van der Waals surface area (Å²) in [4.78, 5) is 12.3. The van der Waals surface area contributed by atoms with Crippen LogP contribution in [0.5, 0.6) is 0 Å². The molecule has 19 heavy (non-hydrogen) atoms. The lowest BCUT2D eigenvalue weighted by molar-refractivity contribution is 0.0758. The van der Waals surface area contributed by atoms with Crippen LogP contribution in [0.3, 0.4) is 0 Å². The van der Waals surface area contributed by atoms with Crippen molar-refractivity contribution in [1.82, 2.24) is 5.32 Å². The molecule has 0 aromatic heterocycles. The molecule has 1 aromatic carbocycles. The summed E-state index contributed by atoms with van der Waals surface area (Å²) in [6, 6.07) is 5.26. The SMILES string of the molecule is O=C(NC1(CO)CCCCC1)c1ccc(I)c(Cl)c1. The average molecular weight is 394 g/mol. The summed E-state index contributed by atoms with van der Waals surface area (Å²) < 4.78 is 0.922. The maximum atomic E-state index is 12.3. The van der Waals surface area contributed by atoms with Crippen molar-refractivity contribution in [2.75, 3.05) is 6.61 Å². The van der Waals surface area contributed by atoms with Gasteiger partial charge in [0.05, 0.1) is 17.2 Å². The Labute approximate surface area is 131 Å². The Morgan fingerprint density at radius 1 is 1.37 bits per heavy atom. The predicted molar refractivity (Wildman–Crippen MR) is 84.5 cm³/mol. The molecule has 1 saturated carbocycles. The lowest BCUT2D eigenvalue weighted by Gasteiger charge is -2.36. The van der Waals surface area contributed by atoms with Crippen LogP contribution in [-0.2, 0) is 0 Å². The van der Waals surface area contributed by atoms with Gasteiger partial charge in [0.25, 0.3) is 5.91 Å². The maximum Gasteiger partial charge on any atom is 0.251 e. The second-order valence-corrected chi connectivity index (χ2v) is 6.65. The van der Waals surface area contributed by atoms with Gasteiger partial charge in [-0.1, -0.05) is 30.9 Å². The fraction of sp³-hybridized carbons (Fsp3) is 0.500. The van der Waals surface area contributed by atoms with E-state index in [0.717, 1.165) is 29.3 Å². The zero-order valence-electron chi connectivity index (χ0n) is 10.6. The normalized spacial score (nSPS) is 18.1. The summed E-state index contributed by atoms with van der Waals surface area (Å²) in [5.74, 6) is -0.158. The van der Waals surface area contributed by atoms with Gasteiger partial charge in [-0.3, -0.25) is 4.79 Å². The molecule has 1 aliphatic rings. The molecule has 0 unspecified atom stereocenters. The van der Waals surface area contributed by atoms with Gasteiger partial charge in [0, 0.05) is 9.13 Å². The van der Waals surface area contributed by atoms with Crippen LogP contribution in [0.4, 0.5) is 0 Å². The highest BCUT2D eigenvalue weighted by Crippen LogP contribution is 2.28. The first-order valence-electron chi connectivity index (χ1n) is 6.45. The standard InChI is InChI=1S/C14H17ClINO2/c15-11-8-10(4-5-12(11)16)13(19)17-14(9-18)6-2-1-3-7-14/h4-5,8,18H,1-3,6-7,9H2,(H,17,19). The van der Waals surface area contributed by atoms with Gasteiger partial charge in [-0.15, -0.1) is 0 Å². The average Bonchev–Trinajstić information content (AvgIpc) is 2.43. The second kappa shape index (κ2) is 6.41. The minimum atomic E-state index is -0.454. The number of hydrogen-bond acceptors (Lipinski definition) is 2. The van der Waals surface area contributed by atoms with E-state index in [1.807, 2.05) is 6.07 Å². The Balaban J connectivity index is 2.12. The number of benzene rings is 1. The van der Waals surface area contributed by atoms with Crippen LogP contribution in [-0.4, -0.2) is 23.2 Å². The second-order valence-electron chi connectivity index (χ2n) is 5.08. The van der Waals surface area contributed by atoms with Crippen molar-refractivity contribution >= 4 is 40.1 Å². The number of aliphatic hydroxyl groups excluding tert-OH is 1. The van der Waals surface area contributed by atoms with Crippen LogP contribution in [0.25, 0.3) is 0 Å². The summed E-state index contributed by atoms with van der Waals surface area (Å²) >= 11 is 8.16. The van der Waals surface area contributed by atoms with E-state index < -0.39 is 5.54 Å². The Kier molecular flexibility index (Phi) is 5.09. The van der Waals surface area contributed by atoms with Gasteiger partial charge in [-0.2, -0.15) is 0 Å². The van der Waals surface area contributed by atoms with Crippen molar-refractivity contribution in [3.63, 3.8) is 0 Å². The molecule has 1 fully saturated rings. The van der Waals surface area contributed by atoms with Gasteiger partial charge >= 0.3 is 0 Å². The van der Waals surface area contributed by atoms with E-state index in [9.17, 15) is 9.90 Å². The van der Waals surface area contributed by atoms with Crippen molar-refractivity contribution in [2.24, 2.45) is 0 Å². The topological polar surface area (TPSA) is 49.3 Å². The van der Waals surface area contributed by atoms with E-state index in [2.05, 4.69) is 27.9 Å². The van der Waals surface area contributed by atoms with Gasteiger partial charge in [-0.25, -0.2) is 0 Å². The Morgan fingerprint density at radius 2 is 2.05 bits per heavy atom. The summed E-state index contributed by atoms with van der Waals surface area (Å²) in [6.07, 6.45) is 4.95. The Morgan fingerprint density at radius 3 is 2.63 bits per heavy atom. The van der Waals surface area contributed by atoms with E-state index in [1.165, 1.54) is 6.42 Å². The van der Waals surface area contributed by atoms with Gasteiger partial charge in [-0.05, 0) is 53.6 Å². The zero-order chi connectivity index (χ0) is 13.9. The monoisotopic (exact) mass is 393 g/mol. The molecule has 1 aromatic rings. The summed E-state index contributed by atoms with van der Waals surface area (Å²) in [5.41, 5.74) is 0.0916. The quantitative estimate of drug-likeness (QED) is 0.774. The van der Waals surface area contributed by atoms with Gasteiger partial charge in [0.15, 0.2) is 0 Å². The minimum absolute atomic E-state index is 0.00313. The van der Waals surface area contributed by atoms with Crippen molar-refractivity contribution < 1.29 is 9.90 Å². The van der Waals surface area contributed by atoms with Crippen molar-refractivity contribution in [3.8, 4) is 0 Å². The molecule has 2 N–H and O–H groups in total. The highest BCUT2D eigenvalue weighted by atomic mass is 127. The molecule has 104 valence electrons. The highest BCUT2D eigenvalue weighted by Gasteiger charge is 2.33. The number of carbonyl (C=O) groups excluding carboxylic acids is 1. The van der Waals surface area contributed by atoms with Crippen molar-refractivity contribution in [1.29, 1.82) is 0 Å². The third kappa shape index (κ3) is 3.61. The molecule has 2 rings (SSSR count). The molecule has 3 nitrogen and oxygen atoms in total. The summed E-state index contributed by atoms with van der Waals surface area (Å²) in [6.45, 7) is -0.00313. The van der Waals surface area contributed by atoms with Crippen LogP contribution in [0.2, 0.25) is 5.02 Å². The van der Waals surface area contributed by atoms with E-state index in [1.54, 1.807) is 12.1 Å². The molecular weight excluding hydrogens is 377 g/mol. The van der Waals surface area contributed by atoms with Gasteiger partial charge < -0.3 is 10.4 Å². The van der Waals surface area contributed by atoms with E-state index >= 15 is 0 Å². The fourth-order valence-corrected chi connectivity index (χ4v) is 3.02. The molecule has 1 aliphatic carbocycles. The molecule has 5 heteroatoms. The van der Waals surface area contributed by atoms with Gasteiger partial charge in [0.2, 0.25) is 0 Å². The van der Waals surface area contributed by atoms with Crippen LogP contribution >= 0.6 is 34.2 Å². The van der Waals surface area contributed by atoms with Gasteiger partial charge in [0.1, 0.15) is 0 Å². The molecule has 0 radical (unpaired) electrons. The molecule has 0 bridgehead atoms.